The van der Waals surface area contributed by atoms with Gasteiger partial charge in [-0.3, -0.25) is 9.69 Å². The van der Waals surface area contributed by atoms with Gasteiger partial charge in [0, 0.05) is 36.2 Å². The van der Waals surface area contributed by atoms with Gasteiger partial charge >= 0.3 is 0 Å². The van der Waals surface area contributed by atoms with Crippen LogP contribution in [0, 0.1) is 18.3 Å². The van der Waals surface area contributed by atoms with Gasteiger partial charge in [-0.15, -0.1) is 0 Å². The number of amides is 1. The predicted molar refractivity (Wildman–Crippen MR) is 98.2 cm³/mol. The maximum absolute atomic E-state index is 12.9. The first-order valence-electron chi connectivity index (χ1n) is 9.98. The van der Waals surface area contributed by atoms with Crippen LogP contribution < -0.4 is 5.32 Å². The standard InChI is InChI=1S/C20H33N3O2/c1-6-16-15(13(5)25-22-16)12-23-11-14-10-17(23)18(14)21-19(24)20(7-2,8-3)9-4/h14,17-18H,6-12H2,1-5H3,(H,21,24). The lowest BCUT2D eigenvalue weighted by molar-refractivity contribution is -0.133. The van der Waals surface area contributed by atoms with Crippen molar-refractivity contribution in [3.05, 3.63) is 17.0 Å². The van der Waals surface area contributed by atoms with E-state index in [1.165, 1.54) is 12.0 Å². The number of nitrogens with one attached hydrogen (secondary N) is 1. The summed E-state index contributed by atoms with van der Waals surface area (Å²) in [6.07, 6.45) is 4.85. The lowest BCUT2D eigenvalue weighted by atomic mass is 9.76. The van der Waals surface area contributed by atoms with Crippen molar-refractivity contribution in [2.24, 2.45) is 11.3 Å². The first-order chi connectivity index (χ1) is 12.0. The first-order valence-corrected chi connectivity index (χ1v) is 9.98. The Labute approximate surface area is 151 Å². The van der Waals surface area contributed by atoms with Crippen molar-refractivity contribution in [3.63, 3.8) is 0 Å². The monoisotopic (exact) mass is 347 g/mol. The second-order valence-corrected chi connectivity index (χ2v) is 7.85. The highest BCUT2D eigenvalue weighted by Gasteiger charge is 2.53. The van der Waals surface area contributed by atoms with Crippen molar-refractivity contribution in [1.29, 1.82) is 0 Å². The van der Waals surface area contributed by atoms with Gasteiger partial charge in [0.1, 0.15) is 5.76 Å². The average Bonchev–Trinajstić information content (AvgIpc) is 3.29. The van der Waals surface area contributed by atoms with Gasteiger partial charge in [0.2, 0.25) is 5.91 Å². The third kappa shape index (κ3) is 3.01. The van der Waals surface area contributed by atoms with Crippen LogP contribution in [0.1, 0.15) is 70.4 Å². The summed E-state index contributed by atoms with van der Waals surface area (Å²) in [6.45, 7) is 12.5. The summed E-state index contributed by atoms with van der Waals surface area (Å²) < 4.78 is 5.38. The largest absolute Gasteiger partial charge is 0.361 e. The van der Waals surface area contributed by atoms with Crippen molar-refractivity contribution in [2.45, 2.75) is 85.4 Å². The molecule has 2 bridgehead atoms. The van der Waals surface area contributed by atoms with Crippen molar-refractivity contribution >= 4 is 5.91 Å². The molecule has 0 aromatic carbocycles. The van der Waals surface area contributed by atoms with Crippen molar-refractivity contribution in [1.82, 2.24) is 15.4 Å². The van der Waals surface area contributed by atoms with Gasteiger partial charge in [0.05, 0.1) is 5.69 Å². The van der Waals surface area contributed by atoms with Crippen LogP contribution in [0.4, 0.5) is 0 Å². The Kier molecular flexibility index (Phi) is 5.24. The molecule has 5 heteroatoms. The van der Waals surface area contributed by atoms with Gasteiger partial charge < -0.3 is 9.84 Å². The summed E-state index contributed by atoms with van der Waals surface area (Å²) in [5.74, 6) is 1.79. The number of rotatable bonds is 8. The van der Waals surface area contributed by atoms with Crippen LogP contribution in [-0.2, 0) is 17.8 Å². The molecular formula is C20H33N3O2. The molecule has 3 aliphatic rings. The minimum absolute atomic E-state index is 0.194. The summed E-state index contributed by atoms with van der Waals surface area (Å²) in [7, 11) is 0. The second kappa shape index (κ2) is 7.10. The van der Waals surface area contributed by atoms with Crippen LogP contribution in [0.2, 0.25) is 0 Å². The van der Waals surface area contributed by atoms with Gasteiger partial charge in [0.25, 0.3) is 0 Å². The van der Waals surface area contributed by atoms with Crippen molar-refractivity contribution < 1.29 is 9.32 Å². The molecule has 1 amide bonds. The molecule has 1 N–H and O–H groups in total. The summed E-state index contributed by atoms with van der Waals surface area (Å²) in [4.78, 5) is 15.4. The summed E-state index contributed by atoms with van der Waals surface area (Å²) in [5.41, 5.74) is 2.12. The topological polar surface area (TPSA) is 58.4 Å². The van der Waals surface area contributed by atoms with Crippen LogP contribution in [0.3, 0.4) is 0 Å². The highest BCUT2D eigenvalue weighted by Crippen LogP contribution is 2.43. The highest BCUT2D eigenvalue weighted by molar-refractivity contribution is 5.83. The molecule has 4 rings (SSSR count). The van der Waals surface area contributed by atoms with E-state index in [0.29, 0.717) is 18.0 Å². The van der Waals surface area contributed by atoms with Crippen LogP contribution in [0.5, 0.6) is 0 Å². The van der Waals surface area contributed by atoms with Crippen molar-refractivity contribution in [3.8, 4) is 0 Å². The molecule has 1 saturated carbocycles. The third-order valence-electron chi connectivity index (χ3n) is 6.98. The van der Waals surface area contributed by atoms with Crippen LogP contribution in [0.25, 0.3) is 0 Å². The third-order valence-corrected chi connectivity index (χ3v) is 6.98. The van der Waals surface area contributed by atoms with E-state index in [0.717, 1.165) is 50.2 Å². The molecule has 1 aliphatic carbocycles. The molecule has 3 heterocycles. The Balaban J connectivity index is 1.65. The van der Waals surface area contributed by atoms with Gasteiger partial charge in [-0.25, -0.2) is 0 Å². The molecular weight excluding hydrogens is 314 g/mol. The Morgan fingerprint density at radius 1 is 1.28 bits per heavy atom. The molecule has 140 valence electrons. The minimum Gasteiger partial charge on any atom is -0.361 e. The number of fused-ring (bicyclic) bond motifs is 1. The molecule has 1 aromatic rings. The zero-order valence-corrected chi connectivity index (χ0v) is 16.4. The first kappa shape index (κ1) is 18.4. The quantitative estimate of drug-likeness (QED) is 0.782. The molecule has 1 aromatic heterocycles. The highest BCUT2D eigenvalue weighted by atomic mass is 16.5. The summed E-state index contributed by atoms with van der Waals surface area (Å²) in [6, 6.07) is 0.790. The van der Waals surface area contributed by atoms with E-state index < -0.39 is 0 Å². The molecule has 0 spiro atoms. The predicted octanol–water partition coefficient (Wildman–Crippen LogP) is 3.45. The minimum atomic E-state index is -0.194. The summed E-state index contributed by atoms with van der Waals surface area (Å²) in [5, 5.41) is 7.58. The fourth-order valence-corrected chi connectivity index (χ4v) is 4.78. The second-order valence-electron chi connectivity index (χ2n) is 7.85. The summed E-state index contributed by atoms with van der Waals surface area (Å²) >= 11 is 0. The molecule has 0 radical (unpaired) electrons. The Morgan fingerprint density at radius 2 is 1.96 bits per heavy atom. The Hall–Kier alpha value is -1.36. The van der Waals surface area contributed by atoms with Crippen LogP contribution in [-0.4, -0.2) is 34.6 Å². The maximum Gasteiger partial charge on any atom is 0.226 e. The Morgan fingerprint density at radius 3 is 2.56 bits per heavy atom. The van der Waals surface area contributed by atoms with E-state index in [4.69, 9.17) is 4.52 Å². The number of aromatic nitrogens is 1. The van der Waals surface area contributed by atoms with Gasteiger partial charge in [0.15, 0.2) is 0 Å². The lowest BCUT2D eigenvalue weighted by Gasteiger charge is -2.40. The molecule has 3 atom stereocenters. The number of carbonyl (C=O) groups excluding carboxylic acids is 1. The number of hydrogen-bond donors (Lipinski definition) is 1. The molecule has 5 nitrogen and oxygen atoms in total. The maximum atomic E-state index is 12.9. The van der Waals surface area contributed by atoms with E-state index in [2.05, 4.69) is 43.1 Å². The van der Waals surface area contributed by atoms with E-state index in [-0.39, 0.29) is 11.3 Å². The fourth-order valence-electron chi connectivity index (χ4n) is 4.78. The van der Waals surface area contributed by atoms with E-state index in [1.807, 2.05) is 6.92 Å². The molecule has 2 aliphatic heterocycles. The zero-order chi connectivity index (χ0) is 18.2. The van der Waals surface area contributed by atoms with E-state index in [9.17, 15) is 4.79 Å². The fraction of sp³-hybridized carbons (Fsp3) is 0.800. The SMILES string of the molecule is CCc1noc(C)c1CN1CC2CC1C2NC(=O)C(CC)(CC)CC. The molecule has 3 fully saturated rings. The number of hydrogen-bond acceptors (Lipinski definition) is 4. The molecule has 3 unspecified atom stereocenters. The normalized spacial score (nSPS) is 25.9. The molecule has 2 saturated heterocycles. The van der Waals surface area contributed by atoms with Crippen LogP contribution in [0.15, 0.2) is 4.52 Å². The number of carbonyl (C=O) groups is 1. The zero-order valence-electron chi connectivity index (χ0n) is 16.4. The van der Waals surface area contributed by atoms with E-state index >= 15 is 0 Å². The van der Waals surface area contributed by atoms with E-state index in [1.54, 1.807) is 0 Å². The van der Waals surface area contributed by atoms with Crippen LogP contribution >= 0.6 is 0 Å². The van der Waals surface area contributed by atoms with Gasteiger partial charge in [-0.05, 0) is 44.9 Å². The number of aryl methyl sites for hydroxylation is 2. The number of nitrogens with zero attached hydrogens (tertiary/aromatic N) is 2. The Bertz CT molecular complexity index is 612. The van der Waals surface area contributed by atoms with Gasteiger partial charge in [-0.2, -0.15) is 0 Å². The smallest absolute Gasteiger partial charge is 0.226 e. The average molecular weight is 348 g/mol. The van der Waals surface area contributed by atoms with Crippen molar-refractivity contribution in [2.75, 3.05) is 6.54 Å². The lowest BCUT2D eigenvalue weighted by Crippen LogP contribution is -2.57. The molecule has 25 heavy (non-hydrogen) atoms. The van der Waals surface area contributed by atoms with Gasteiger partial charge in [-0.1, -0.05) is 32.9 Å².